The molecule has 9 heteroatoms. The van der Waals surface area contributed by atoms with Gasteiger partial charge in [-0.2, -0.15) is 15.1 Å². The fourth-order valence-corrected chi connectivity index (χ4v) is 3.19. The van der Waals surface area contributed by atoms with Crippen LogP contribution >= 0.6 is 0 Å². The maximum atomic E-state index is 13.2. The minimum atomic E-state index is -0.276. The van der Waals surface area contributed by atoms with E-state index in [9.17, 15) is 4.39 Å². The van der Waals surface area contributed by atoms with E-state index in [2.05, 4.69) is 30.6 Å². The fourth-order valence-electron chi connectivity index (χ4n) is 3.19. The molecular formula is C19H24FN7O. The number of benzene rings is 1. The molecule has 148 valence electrons. The zero-order valence-corrected chi connectivity index (χ0v) is 15.9. The van der Waals surface area contributed by atoms with E-state index in [1.807, 2.05) is 7.05 Å². The van der Waals surface area contributed by atoms with Gasteiger partial charge in [0.2, 0.25) is 5.95 Å². The molecule has 28 heavy (non-hydrogen) atoms. The van der Waals surface area contributed by atoms with E-state index in [1.54, 1.807) is 23.0 Å². The van der Waals surface area contributed by atoms with Gasteiger partial charge in [-0.1, -0.05) is 0 Å². The lowest BCUT2D eigenvalue weighted by Crippen LogP contribution is -2.37. The van der Waals surface area contributed by atoms with Crippen LogP contribution in [0.3, 0.4) is 0 Å². The molecule has 1 saturated heterocycles. The minimum absolute atomic E-state index is 0.276. The Bertz CT molecular complexity index is 922. The molecule has 3 heterocycles. The molecule has 2 aromatic heterocycles. The molecule has 1 aliphatic heterocycles. The van der Waals surface area contributed by atoms with Gasteiger partial charge in [-0.3, -0.25) is 9.58 Å². The van der Waals surface area contributed by atoms with E-state index in [-0.39, 0.29) is 5.82 Å². The number of halogens is 1. The van der Waals surface area contributed by atoms with Gasteiger partial charge in [0.25, 0.3) is 0 Å². The van der Waals surface area contributed by atoms with Gasteiger partial charge in [0, 0.05) is 32.4 Å². The summed E-state index contributed by atoms with van der Waals surface area (Å²) in [6.07, 6.45) is 2.72. The first kappa shape index (κ1) is 18.6. The van der Waals surface area contributed by atoms with Crippen LogP contribution in [0.1, 0.15) is 6.42 Å². The van der Waals surface area contributed by atoms with Crippen molar-refractivity contribution in [3.05, 3.63) is 36.3 Å². The molecule has 2 N–H and O–H groups in total. The molecule has 1 aromatic carbocycles. The number of hydrogen-bond acceptors (Lipinski definition) is 7. The number of hydrogen-bond donors (Lipinski definition) is 2. The molecule has 8 nitrogen and oxygen atoms in total. The lowest BCUT2D eigenvalue weighted by Gasteiger charge is -2.26. The predicted octanol–water partition coefficient (Wildman–Crippen LogP) is 2.38. The van der Waals surface area contributed by atoms with Gasteiger partial charge in [-0.15, -0.1) is 0 Å². The summed E-state index contributed by atoms with van der Waals surface area (Å²) in [7, 11) is 1.85. The van der Waals surface area contributed by atoms with Gasteiger partial charge in [-0.25, -0.2) is 4.39 Å². The summed E-state index contributed by atoms with van der Waals surface area (Å²) in [5.41, 5.74) is 1.49. The molecule has 0 bridgehead atoms. The third-order valence-electron chi connectivity index (χ3n) is 4.74. The number of anilines is 3. The van der Waals surface area contributed by atoms with Crippen LogP contribution in [0.15, 0.2) is 30.5 Å². The summed E-state index contributed by atoms with van der Waals surface area (Å²) in [6.45, 7) is 5.40. The van der Waals surface area contributed by atoms with E-state index < -0.39 is 0 Å². The Morgan fingerprint density at radius 2 is 1.93 bits per heavy atom. The molecule has 0 radical (unpaired) electrons. The van der Waals surface area contributed by atoms with Crippen molar-refractivity contribution < 1.29 is 9.13 Å². The van der Waals surface area contributed by atoms with Gasteiger partial charge in [0.05, 0.1) is 24.8 Å². The number of aryl methyl sites for hydroxylation is 1. The van der Waals surface area contributed by atoms with Crippen LogP contribution < -0.4 is 10.6 Å². The zero-order valence-electron chi connectivity index (χ0n) is 15.9. The molecule has 3 aromatic rings. The molecule has 4 rings (SSSR count). The van der Waals surface area contributed by atoms with E-state index in [4.69, 9.17) is 4.74 Å². The maximum absolute atomic E-state index is 13.2. The van der Waals surface area contributed by atoms with Crippen molar-refractivity contribution >= 4 is 28.5 Å². The lowest BCUT2D eigenvalue weighted by molar-refractivity contribution is 0.0378. The van der Waals surface area contributed by atoms with Crippen LogP contribution in [-0.2, 0) is 11.8 Å². The minimum Gasteiger partial charge on any atom is -0.379 e. The summed E-state index contributed by atoms with van der Waals surface area (Å²) in [5.74, 6) is 0.908. The van der Waals surface area contributed by atoms with Crippen molar-refractivity contribution in [3.63, 3.8) is 0 Å². The third kappa shape index (κ3) is 4.37. The summed E-state index contributed by atoms with van der Waals surface area (Å²) < 4.78 is 20.3. The van der Waals surface area contributed by atoms with Crippen LogP contribution in [0.25, 0.3) is 11.0 Å². The molecule has 1 fully saturated rings. The molecule has 0 aliphatic carbocycles. The SMILES string of the molecule is Cn1ncc2c(Nc3ccc(F)cc3)nc(NCCCN3CCOCC3)nc21. The van der Waals surface area contributed by atoms with Gasteiger partial charge < -0.3 is 15.4 Å². The number of ether oxygens (including phenoxy) is 1. The number of fused-ring (bicyclic) bond motifs is 1. The first-order valence-corrected chi connectivity index (χ1v) is 9.45. The summed E-state index contributed by atoms with van der Waals surface area (Å²) >= 11 is 0. The Kier molecular flexibility index (Phi) is 5.63. The van der Waals surface area contributed by atoms with Crippen molar-refractivity contribution in [2.75, 3.05) is 50.0 Å². The highest BCUT2D eigenvalue weighted by Crippen LogP contribution is 2.25. The van der Waals surface area contributed by atoms with Crippen molar-refractivity contribution in [1.29, 1.82) is 0 Å². The summed E-state index contributed by atoms with van der Waals surface area (Å²) in [6, 6.07) is 6.17. The highest BCUT2D eigenvalue weighted by Gasteiger charge is 2.13. The van der Waals surface area contributed by atoms with Gasteiger partial charge >= 0.3 is 0 Å². The normalized spacial score (nSPS) is 15.1. The van der Waals surface area contributed by atoms with Crippen LogP contribution in [-0.4, -0.2) is 64.0 Å². The average molecular weight is 385 g/mol. The van der Waals surface area contributed by atoms with E-state index in [1.165, 1.54) is 12.1 Å². The second-order valence-electron chi connectivity index (χ2n) is 6.77. The molecular weight excluding hydrogens is 361 g/mol. The standard InChI is InChI=1S/C19H24FN7O/c1-26-18-16(13-22-26)17(23-15-5-3-14(20)4-6-15)24-19(25-18)21-7-2-8-27-9-11-28-12-10-27/h3-6,13H,2,7-12H2,1H3,(H2,21,23,24,25). The monoisotopic (exact) mass is 385 g/mol. The zero-order chi connectivity index (χ0) is 19.3. The van der Waals surface area contributed by atoms with Crippen molar-refractivity contribution in [2.24, 2.45) is 7.05 Å². The van der Waals surface area contributed by atoms with Crippen molar-refractivity contribution in [2.45, 2.75) is 6.42 Å². The van der Waals surface area contributed by atoms with Gasteiger partial charge in [0.1, 0.15) is 11.6 Å². The Labute approximate surface area is 162 Å². The first-order valence-electron chi connectivity index (χ1n) is 9.45. The van der Waals surface area contributed by atoms with Crippen LogP contribution in [0.5, 0.6) is 0 Å². The first-order chi connectivity index (χ1) is 13.7. The topological polar surface area (TPSA) is 80.1 Å². The van der Waals surface area contributed by atoms with Crippen LogP contribution in [0, 0.1) is 5.82 Å². The van der Waals surface area contributed by atoms with E-state index in [0.717, 1.165) is 62.5 Å². The van der Waals surface area contributed by atoms with Crippen LogP contribution in [0.2, 0.25) is 0 Å². The molecule has 0 amide bonds. The Morgan fingerprint density at radius 1 is 1.14 bits per heavy atom. The number of morpholine rings is 1. The van der Waals surface area contributed by atoms with E-state index in [0.29, 0.717) is 11.8 Å². The lowest BCUT2D eigenvalue weighted by atomic mass is 10.3. The highest BCUT2D eigenvalue weighted by atomic mass is 19.1. The fraction of sp³-hybridized carbons (Fsp3) is 0.421. The Morgan fingerprint density at radius 3 is 2.71 bits per heavy atom. The third-order valence-corrected chi connectivity index (χ3v) is 4.74. The van der Waals surface area contributed by atoms with Crippen LogP contribution in [0.4, 0.5) is 21.8 Å². The Balaban J connectivity index is 1.45. The average Bonchev–Trinajstić information content (AvgIpc) is 3.09. The number of nitrogens with one attached hydrogen (secondary N) is 2. The largest absolute Gasteiger partial charge is 0.379 e. The summed E-state index contributed by atoms with van der Waals surface area (Å²) in [5, 5.41) is 11.6. The predicted molar refractivity (Wildman–Crippen MR) is 106 cm³/mol. The maximum Gasteiger partial charge on any atom is 0.226 e. The molecule has 0 unspecified atom stereocenters. The van der Waals surface area contributed by atoms with E-state index >= 15 is 0 Å². The number of rotatable bonds is 7. The second kappa shape index (κ2) is 8.49. The molecule has 0 spiro atoms. The quantitative estimate of drug-likeness (QED) is 0.605. The highest BCUT2D eigenvalue weighted by molar-refractivity contribution is 5.89. The van der Waals surface area contributed by atoms with Crippen molar-refractivity contribution in [3.8, 4) is 0 Å². The Hall–Kier alpha value is -2.78. The number of aromatic nitrogens is 4. The van der Waals surface area contributed by atoms with Gasteiger partial charge in [0.15, 0.2) is 5.65 Å². The van der Waals surface area contributed by atoms with Gasteiger partial charge in [-0.05, 0) is 37.2 Å². The number of nitrogens with zero attached hydrogens (tertiary/aromatic N) is 5. The van der Waals surface area contributed by atoms with Crippen molar-refractivity contribution in [1.82, 2.24) is 24.6 Å². The molecule has 0 saturated carbocycles. The molecule has 1 aliphatic rings. The summed E-state index contributed by atoms with van der Waals surface area (Å²) in [4.78, 5) is 11.6. The smallest absolute Gasteiger partial charge is 0.226 e. The second-order valence-corrected chi connectivity index (χ2v) is 6.77. The molecule has 0 atom stereocenters.